The molecule has 1 amide bonds. The van der Waals surface area contributed by atoms with Gasteiger partial charge in [0.15, 0.2) is 0 Å². The van der Waals surface area contributed by atoms with Crippen LogP contribution in [0.15, 0.2) is 54.6 Å². The van der Waals surface area contributed by atoms with Crippen LogP contribution in [0.1, 0.15) is 40.9 Å². The van der Waals surface area contributed by atoms with Crippen molar-refractivity contribution in [2.24, 2.45) is 0 Å². The zero-order valence-electron chi connectivity index (χ0n) is 21.6. The number of fused-ring (bicyclic) bond motifs is 1. The van der Waals surface area contributed by atoms with Gasteiger partial charge in [-0.2, -0.15) is 0 Å². The third-order valence-corrected chi connectivity index (χ3v) is 7.22. The molecule has 2 N–H and O–H groups in total. The van der Waals surface area contributed by atoms with E-state index in [1.54, 1.807) is 44.2 Å². The van der Waals surface area contributed by atoms with Crippen LogP contribution in [0.2, 0.25) is 5.02 Å². The van der Waals surface area contributed by atoms with Crippen LogP contribution in [0.5, 0.6) is 11.5 Å². The molecule has 1 aliphatic rings. The van der Waals surface area contributed by atoms with E-state index < -0.39 is 11.4 Å². The van der Waals surface area contributed by atoms with Gasteiger partial charge in [-0.25, -0.2) is 0 Å². The first-order chi connectivity index (χ1) is 17.5. The topological polar surface area (TPSA) is 88.1 Å². The Balaban J connectivity index is 1.46. The van der Waals surface area contributed by atoms with Crippen LogP contribution >= 0.6 is 11.6 Å². The van der Waals surface area contributed by atoms with Crippen molar-refractivity contribution in [2.75, 3.05) is 30.4 Å². The number of amides is 1. The van der Waals surface area contributed by atoms with E-state index in [4.69, 9.17) is 21.1 Å². The maximum atomic E-state index is 13.1. The van der Waals surface area contributed by atoms with Crippen LogP contribution in [0, 0.1) is 13.8 Å². The number of nitrogens with zero attached hydrogens (tertiary/aromatic N) is 1. The number of anilines is 2. The summed E-state index contributed by atoms with van der Waals surface area (Å²) in [5.74, 6) is 0.217. The number of nitrogens with one attached hydrogen (secondary N) is 1. The summed E-state index contributed by atoms with van der Waals surface area (Å²) in [6.45, 7) is 8.02. The maximum Gasteiger partial charge on any atom is 0.313 e. The molecule has 0 radical (unpaired) electrons. The molecule has 3 aromatic carbocycles. The highest BCUT2D eigenvalue weighted by molar-refractivity contribution is 6.32. The Kier molecular flexibility index (Phi) is 7.37. The highest BCUT2D eigenvalue weighted by Gasteiger charge is 2.32. The zero-order valence-corrected chi connectivity index (χ0v) is 22.3. The first kappa shape index (κ1) is 26.4. The van der Waals surface area contributed by atoms with Crippen LogP contribution in [-0.4, -0.2) is 43.3 Å². The van der Waals surface area contributed by atoms with Crippen LogP contribution in [0.4, 0.5) is 11.4 Å². The lowest BCUT2D eigenvalue weighted by Gasteiger charge is -2.33. The average Bonchev–Trinajstić information content (AvgIpc) is 2.86. The number of hydrogen-bond acceptors (Lipinski definition) is 5. The molecule has 4 rings (SSSR count). The molecule has 0 aromatic heterocycles. The summed E-state index contributed by atoms with van der Waals surface area (Å²) in [7, 11) is 2.03. The molecule has 7 nitrogen and oxygen atoms in total. The third kappa shape index (κ3) is 5.37. The molecule has 37 heavy (non-hydrogen) atoms. The van der Waals surface area contributed by atoms with E-state index in [-0.39, 0.29) is 12.0 Å². The fourth-order valence-electron chi connectivity index (χ4n) is 4.36. The van der Waals surface area contributed by atoms with Crippen molar-refractivity contribution in [3.05, 3.63) is 81.9 Å². The van der Waals surface area contributed by atoms with Gasteiger partial charge in [-0.3, -0.25) is 9.59 Å². The molecule has 3 aromatic rings. The van der Waals surface area contributed by atoms with Gasteiger partial charge in [0.25, 0.3) is 5.91 Å². The molecule has 194 valence electrons. The highest BCUT2D eigenvalue weighted by Crippen LogP contribution is 2.34. The van der Waals surface area contributed by atoms with E-state index in [9.17, 15) is 14.7 Å². The van der Waals surface area contributed by atoms with Crippen molar-refractivity contribution in [2.45, 2.75) is 39.2 Å². The Hall–Kier alpha value is -3.71. The molecule has 0 saturated carbocycles. The minimum absolute atomic E-state index is 0.128. The van der Waals surface area contributed by atoms with Crippen molar-refractivity contribution in [3.8, 4) is 11.5 Å². The van der Waals surface area contributed by atoms with Crippen LogP contribution in [0.3, 0.4) is 0 Å². The van der Waals surface area contributed by atoms with Gasteiger partial charge in [-0.15, -0.1) is 0 Å². The molecule has 1 aliphatic heterocycles. The summed E-state index contributed by atoms with van der Waals surface area (Å²) in [5, 5.41) is 12.8. The summed E-state index contributed by atoms with van der Waals surface area (Å²) in [5.41, 5.74) is 2.90. The molecule has 0 aliphatic carbocycles. The molecule has 0 fully saturated rings. The number of carboxylic acid groups (broad SMARTS) is 1. The predicted molar refractivity (Wildman–Crippen MR) is 146 cm³/mol. The Morgan fingerprint density at radius 1 is 1.14 bits per heavy atom. The lowest BCUT2D eigenvalue weighted by atomic mass is 9.84. The van der Waals surface area contributed by atoms with Crippen LogP contribution in [-0.2, 0) is 10.2 Å². The van der Waals surface area contributed by atoms with E-state index in [2.05, 4.69) is 10.2 Å². The van der Waals surface area contributed by atoms with E-state index in [1.807, 2.05) is 45.2 Å². The summed E-state index contributed by atoms with van der Waals surface area (Å²) in [6, 6.07) is 16.3. The normalized spacial score (nSPS) is 15.0. The molecular weight excluding hydrogens is 492 g/mol. The van der Waals surface area contributed by atoms with Gasteiger partial charge in [0.05, 0.1) is 17.6 Å². The summed E-state index contributed by atoms with van der Waals surface area (Å²) in [6.07, 6.45) is -0.128. The summed E-state index contributed by atoms with van der Waals surface area (Å²) < 4.78 is 12.2. The van der Waals surface area contributed by atoms with Crippen molar-refractivity contribution in [1.82, 2.24) is 0 Å². The quantitative estimate of drug-likeness (QED) is 0.405. The first-order valence-corrected chi connectivity index (χ1v) is 12.4. The average molecular weight is 523 g/mol. The molecular formula is C29H31ClN2O5. The van der Waals surface area contributed by atoms with Gasteiger partial charge in [0.1, 0.15) is 24.2 Å². The lowest BCUT2D eigenvalue weighted by molar-refractivity contribution is -0.142. The fourth-order valence-corrected chi connectivity index (χ4v) is 4.71. The standard InChI is InChI=1S/C29H31ClN2O5/c1-17-18(2)25(36-16-20-15-32(5)24-8-6-7-9-26(24)37-20)13-11-21(17)27(33)31-19-10-12-23(30)22(14-19)29(3,4)28(34)35/h6-14,20H,15-16H2,1-5H3,(H,31,33)(H,34,35)/t20-/m0/s1. The molecule has 0 saturated heterocycles. The minimum Gasteiger partial charge on any atom is -0.489 e. The zero-order chi connectivity index (χ0) is 26.9. The van der Waals surface area contributed by atoms with Gasteiger partial charge in [-0.1, -0.05) is 23.7 Å². The number of halogens is 1. The lowest BCUT2D eigenvalue weighted by Crippen LogP contribution is -2.41. The van der Waals surface area contributed by atoms with Crippen molar-refractivity contribution in [3.63, 3.8) is 0 Å². The molecule has 8 heteroatoms. The van der Waals surface area contributed by atoms with E-state index in [0.717, 1.165) is 22.6 Å². The number of aliphatic carboxylic acids is 1. The van der Waals surface area contributed by atoms with Crippen molar-refractivity contribution in [1.29, 1.82) is 0 Å². The third-order valence-electron chi connectivity index (χ3n) is 6.89. The fraction of sp³-hybridized carbons (Fsp3) is 0.310. The second kappa shape index (κ2) is 10.3. The van der Waals surface area contributed by atoms with E-state index in [0.29, 0.717) is 40.7 Å². The number of carboxylic acids is 1. The number of hydrogen-bond donors (Lipinski definition) is 2. The number of carbonyl (C=O) groups excluding carboxylic acids is 1. The smallest absolute Gasteiger partial charge is 0.313 e. The van der Waals surface area contributed by atoms with E-state index in [1.165, 1.54) is 0 Å². The van der Waals surface area contributed by atoms with Crippen LogP contribution in [0.25, 0.3) is 0 Å². The number of rotatable bonds is 7. The number of carbonyl (C=O) groups is 2. The van der Waals surface area contributed by atoms with E-state index >= 15 is 0 Å². The molecule has 0 unspecified atom stereocenters. The van der Waals surface area contributed by atoms with Gasteiger partial charge in [0, 0.05) is 23.3 Å². The molecule has 0 spiro atoms. The van der Waals surface area contributed by atoms with Gasteiger partial charge in [-0.05, 0) is 86.8 Å². The number of likely N-dealkylation sites (N-methyl/N-ethyl adjacent to an activating group) is 1. The Morgan fingerprint density at radius 3 is 2.59 bits per heavy atom. The van der Waals surface area contributed by atoms with Crippen molar-refractivity contribution >= 4 is 34.9 Å². The molecule has 1 heterocycles. The Bertz CT molecular complexity index is 1350. The largest absolute Gasteiger partial charge is 0.489 e. The number of benzene rings is 3. The monoisotopic (exact) mass is 522 g/mol. The Morgan fingerprint density at radius 2 is 1.86 bits per heavy atom. The first-order valence-electron chi connectivity index (χ1n) is 12.0. The highest BCUT2D eigenvalue weighted by atomic mass is 35.5. The molecule has 1 atom stereocenters. The second-order valence-corrected chi connectivity index (χ2v) is 10.2. The maximum absolute atomic E-state index is 13.1. The SMILES string of the molecule is Cc1c(OC[C@@H]2CN(C)c3ccccc3O2)ccc(C(=O)Nc2ccc(Cl)c(C(C)(C)C(=O)O)c2)c1C. The minimum atomic E-state index is -1.21. The second-order valence-electron chi connectivity index (χ2n) is 9.84. The van der Waals surface area contributed by atoms with Crippen molar-refractivity contribution < 1.29 is 24.2 Å². The number of para-hydroxylation sites is 2. The number of ether oxygens (including phenoxy) is 2. The van der Waals surface area contributed by atoms with Gasteiger partial charge < -0.3 is 24.8 Å². The van der Waals surface area contributed by atoms with Gasteiger partial charge >= 0.3 is 5.97 Å². The summed E-state index contributed by atoms with van der Waals surface area (Å²) >= 11 is 6.26. The van der Waals surface area contributed by atoms with Crippen LogP contribution < -0.4 is 19.7 Å². The molecule has 0 bridgehead atoms. The predicted octanol–water partition coefficient (Wildman–Crippen LogP) is 5.85. The Labute approximate surface area is 222 Å². The summed E-state index contributed by atoms with van der Waals surface area (Å²) in [4.78, 5) is 27.0. The van der Waals surface area contributed by atoms with Gasteiger partial charge in [0.2, 0.25) is 0 Å².